The number of hydrogen-bond acceptors (Lipinski definition) is 7. The van der Waals surface area contributed by atoms with Crippen molar-refractivity contribution in [3.8, 4) is 17.2 Å². The molecule has 2 aromatic rings. The minimum atomic E-state index is -0.168. The van der Waals surface area contributed by atoms with E-state index >= 15 is 0 Å². The molecule has 8 heteroatoms. The predicted octanol–water partition coefficient (Wildman–Crippen LogP) is 3.03. The van der Waals surface area contributed by atoms with Crippen molar-refractivity contribution in [3.05, 3.63) is 53.6 Å². The van der Waals surface area contributed by atoms with E-state index in [-0.39, 0.29) is 11.9 Å². The zero-order valence-corrected chi connectivity index (χ0v) is 20.5. The molecule has 0 spiro atoms. The lowest BCUT2D eigenvalue weighted by Gasteiger charge is -2.33. The van der Waals surface area contributed by atoms with Crippen molar-refractivity contribution in [3.63, 3.8) is 0 Å². The van der Waals surface area contributed by atoms with Gasteiger partial charge in [-0.3, -0.25) is 9.69 Å². The lowest BCUT2D eigenvalue weighted by Crippen LogP contribution is -2.48. The molecule has 0 N–H and O–H groups in total. The summed E-state index contributed by atoms with van der Waals surface area (Å²) in [4.78, 5) is 17.9. The van der Waals surface area contributed by atoms with Crippen LogP contribution in [0.25, 0.3) is 0 Å². The van der Waals surface area contributed by atoms with Crippen molar-refractivity contribution in [2.75, 3.05) is 60.6 Å². The minimum Gasteiger partial charge on any atom is -0.494 e. The average Bonchev–Trinajstić information content (AvgIpc) is 3.31. The van der Waals surface area contributed by atoms with E-state index in [2.05, 4.69) is 16.8 Å². The minimum absolute atomic E-state index is 0.0129. The van der Waals surface area contributed by atoms with Gasteiger partial charge in [0.05, 0.1) is 39.1 Å². The van der Waals surface area contributed by atoms with Crippen LogP contribution in [0.1, 0.15) is 30.5 Å². The van der Waals surface area contributed by atoms with E-state index in [4.69, 9.17) is 19.3 Å². The summed E-state index contributed by atoms with van der Waals surface area (Å²) >= 11 is 0. The molecule has 4 rings (SSSR count). The fourth-order valence-electron chi connectivity index (χ4n) is 4.41. The van der Waals surface area contributed by atoms with E-state index in [1.807, 2.05) is 49.4 Å². The zero-order valence-electron chi connectivity index (χ0n) is 20.5. The first kappa shape index (κ1) is 24.0. The molecule has 0 saturated carbocycles. The fraction of sp³-hybridized carbons (Fsp3) is 0.462. The number of carbonyl (C=O) groups is 1. The largest absolute Gasteiger partial charge is 0.494 e. The summed E-state index contributed by atoms with van der Waals surface area (Å²) < 4.78 is 16.5. The van der Waals surface area contributed by atoms with Crippen molar-refractivity contribution in [2.24, 2.45) is 5.10 Å². The van der Waals surface area contributed by atoms with Crippen LogP contribution in [0.15, 0.2) is 47.6 Å². The maximum absolute atomic E-state index is 13.4. The predicted molar refractivity (Wildman–Crippen MR) is 132 cm³/mol. The fourth-order valence-corrected chi connectivity index (χ4v) is 4.41. The third kappa shape index (κ3) is 5.34. The van der Waals surface area contributed by atoms with E-state index in [1.165, 1.54) is 0 Å². The molecule has 8 nitrogen and oxygen atoms in total. The van der Waals surface area contributed by atoms with Gasteiger partial charge in [-0.15, -0.1) is 0 Å². The van der Waals surface area contributed by atoms with E-state index in [1.54, 1.807) is 19.2 Å². The number of likely N-dealkylation sites (N-methyl/N-ethyl adjacent to an activating group) is 1. The topological polar surface area (TPSA) is 66.8 Å². The maximum Gasteiger partial charge on any atom is 0.257 e. The summed E-state index contributed by atoms with van der Waals surface area (Å²) in [5, 5.41) is 6.49. The molecule has 2 aromatic carbocycles. The third-order valence-electron chi connectivity index (χ3n) is 6.41. The Labute approximate surface area is 201 Å². The summed E-state index contributed by atoms with van der Waals surface area (Å²) in [6.07, 6.45) is 0.623. The van der Waals surface area contributed by atoms with Gasteiger partial charge in [0.2, 0.25) is 0 Å². The second-order valence-electron chi connectivity index (χ2n) is 8.66. The van der Waals surface area contributed by atoms with Gasteiger partial charge in [-0.2, -0.15) is 5.10 Å². The first-order valence-corrected chi connectivity index (χ1v) is 11.8. The third-order valence-corrected chi connectivity index (χ3v) is 6.41. The molecule has 1 saturated heterocycles. The summed E-state index contributed by atoms with van der Waals surface area (Å²) in [6, 6.07) is 13.5. The number of carbonyl (C=O) groups excluding carboxylic acids is 1. The van der Waals surface area contributed by atoms with Gasteiger partial charge in [-0.05, 0) is 49.9 Å². The van der Waals surface area contributed by atoms with Crippen LogP contribution in [-0.4, -0.2) is 87.0 Å². The highest BCUT2D eigenvalue weighted by atomic mass is 16.5. The molecule has 1 fully saturated rings. The van der Waals surface area contributed by atoms with Gasteiger partial charge in [0.1, 0.15) is 5.75 Å². The molecular weight excluding hydrogens is 432 g/mol. The molecule has 2 aliphatic rings. The van der Waals surface area contributed by atoms with Crippen LogP contribution in [0.5, 0.6) is 17.2 Å². The Morgan fingerprint density at radius 1 is 1.00 bits per heavy atom. The molecule has 34 heavy (non-hydrogen) atoms. The Morgan fingerprint density at radius 3 is 2.35 bits per heavy atom. The van der Waals surface area contributed by atoms with Gasteiger partial charge in [-0.25, -0.2) is 5.01 Å². The van der Waals surface area contributed by atoms with Crippen molar-refractivity contribution < 1.29 is 19.0 Å². The molecule has 182 valence electrons. The van der Waals surface area contributed by atoms with Crippen LogP contribution in [0.2, 0.25) is 0 Å². The number of nitrogens with zero attached hydrogens (tertiary/aromatic N) is 4. The Hall–Kier alpha value is -3.10. The Bertz CT molecular complexity index is 1020. The Kier molecular flexibility index (Phi) is 7.70. The summed E-state index contributed by atoms with van der Waals surface area (Å²) in [5.74, 6) is 2.14. The SMILES string of the molecule is CCOc1ccc(C2CC(c3ccc(OC)c(OC)c3)=NN2C(=O)CN2CCN(C)CC2)cc1. The quantitative estimate of drug-likeness (QED) is 0.596. The van der Waals surface area contributed by atoms with Crippen LogP contribution in [0, 0.1) is 0 Å². The number of hydrazone groups is 1. The van der Waals surface area contributed by atoms with Gasteiger partial charge in [0.25, 0.3) is 5.91 Å². The van der Waals surface area contributed by atoms with E-state index in [0.717, 1.165) is 48.8 Å². The van der Waals surface area contributed by atoms with Crippen molar-refractivity contribution in [1.29, 1.82) is 0 Å². The number of hydrogen-bond donors (Lipinski definition) is 0. The average molecular weight is 467 g/mol. The zero-order chi connectivity index (χ0) is 24.1. The van der Waals surface area contributed by atoms with Crippen LogP contribution < -0.4 is 14.2 Å². The van der Waals surface area contributed by atoms with E-state index in [0.29, 0.717) is 31.1 Å². The second kappa shape index (κ2) is 10.9. The lowest BCUT2D eigenvalue weighted by molar-refractivity contribution is -0.134. The van der Waals surface area contributed by atoms with Gasteiger partial charge in [0, 0.05) is 38.2 Å². The first-order chi connectivity index (χ1) is 16.5. The maximum atomic E-state index is 13.4. The first-order valence-electron chi connectivity index (χ1n) is 11.8. The Morgan fingerprint density at radius 2 is 1.71 bits per heavy atom. The summed E-state index contributed by atoms with van der Waals surface area (Å²) in [7, 11) is 5.35. The van der Waals surface area contributed by atoms with Gasteiger partial charge >= 0.3 is 0 Å². The molecule has 0 radical (unpaired) electrons. The molecule has 0 aliphatic carbocycles. The monoisotopic (exact) mass is 466 g/mol. The highest BCUT2D eigenvalue weighted by molar-refractivity contribution is 6.03. The van der Waals surface area contributed by atoms with Crippen LogP contribution >= 0.6 is 0 Å². The lowest BCUT2D eigenvalue weighted by atomic mass is 9.98. The van der Waals surface area contributed by atoms with Gasteiger partial charge in [-0.1, -0.05) is 12.1 Å². The van der Waals surface area contributed by atoms with Crippen molar-refractivity contribution in [2.45, 2.75) is 19.4 Å². The molecule has 1 amide bonds. The summed E-state index contributed by atoms with van der Waals surface area (Å²) in [6.45, 7) is 6.65. The molecule has 0 bridgehead atoms. The molecule has 1 unspecified atom stereocenters. The second-order valence-corrected chi connectivity index (χ2v) is 8.66. The molecule has 2 heterocycles. The standard InChI is InChI=1S/C26H34N4O4/c1-5-34-21-9-6-19(7-10-21)23-17-22(20-8-11-24(32-3)25(16-20)33-4)27-30(23)26(31)18-29-14-12-28(2)13-15-29/h6-11,16,23H,5,12-15,17-18H2,1-4H3. The smallest absolute Gasteiger partial charge is 0.257 e. The molecule has 1 atom stereocenters. The van der Waals surface area contributed by atoms with Gasteiger partial charge < -0.3 is 19.1 Å². The van der Waals surface area contributed by atoms with Crippen LogP contribution in [-0.2, 0) is 4.79 Å². The number of rotatable bonds is 8. The van der Waals surface area contributed by atoms with Crippen molar-refractivity contribution in [1.82, 2.24) is 14.8 Å². The van der Waals surface area contributed by atoms with E-state index < -0.39 is 0 Å². The normalized spacial score (nSPS) is 19.1. The number of methoxy groups -OCH3 is 2. The number of amides is 1. The molecule has 0 aromatic heterocycles. The van der Waals surface area contributed by atoms with E-state index in [9.17, 15) is 4.79 Å². The van der Waals surface area contributed by atoms with Gasteiger partial charge in [0.15, 0.2) is 11.5 Å². The van der Waals surface area contributed by atoms with Crippen molar-refractivity contribution >= 4 is 11.6 Å². The number of benzene rings is 2. The highest BCUT2D eigenvalue weighted by Crippen LogP contribution is 2.36. The molecular formula is C26H34N4O4. The number of piperazine rings is 1. The molecule has 2 aliphatic heterocycles. The highest BCUT2D eigenvalue weighted by Gasteiger charge is 2.34. The van der Waals surface area contributed by atoms with Crippen LogP contribution in [0.3, 0.4) is 0 Å². The van der Waals surface area contributed by atoms with Crippen LogP contribution in [0.4, 0.5) is 0 Å². The summed E-state index contributed by atoms with van der Waals surface area (Å²) in [5.41, 5.74) is 2.81. The number of ether oxygens (including phenoxy) is 3. The Balaban J connectivity index is 1.60.